The Morgan fingerprint density at radius 2 is 2.09 bits per heavy atom. The summed E-state index contributed by atoms with van der Waals surface area (Å²) in [5.41, 5.74) is -0.586. The Morgan fingerprint density at radius 1 is 1.64 bits per heavy atom. The van der Waals surface area contributed by atoms with Crippen molar-refractivity contribution in [1.29, 1.82) is 0 Å². The van der Waals surface area contributed by atoms with Crippen LogP contribution in [0.25, 0.3) is 0 Å². The molecule has 0 aromatic heterocycles. The Hall–Kier alpha value is -0.610. The van der Waals surface area contributed by atoms with E-state index in [1.807, 2.05) is 0 Å². The molecule has 0 aliphatic rings. The van der Waals surface area contributed by atoms with Gasteiger partial charge in [0.15, 0.2) is 0 Å². The number of methoxy groups -OCH3 is 1. The SMILES string of the molecule is COC(C)(C)NC(C)C(=O)O. The first kappa shape index (κ1) is 10.4. The van der Waals surface area contributed by atoms with E-state index in [0.717, 1.165) is 0 Å². The maximum Gasteiger partial charge on any atom is 0.320 e. The molecule has 0 amide bonds. The number of hydrogen-bond donors (Lipinski definition) is 2. The van der Waals surface area contributed by atoms with Crippen molar-refractivity contribution >= 4 is 5.97 Å². The van der Waals surface area contributed by atoms with Crippen LogP contribution in [0.2, 0.25) is 0 Å². The molecule has 0 saturated heterocycles. The molecule has 0 rings (SSSR count). The highest BCUT2D eigenvalue weighted by Crippen LogP contribution is 2.03. The molecule has 0 aliphatic heterocycles. The highest BCUT2D eigenvalue weighted by Gasteiger charge is 2.22. The Kier molecular flexibility index (Phi) is 3.48. The minimum absolute atomic E-state index is 0.586. The van der Waals surface area contributed by atoms with E-state index in [2.05, 4.69) is 5.32 Å². The molecule has 4 nitrogen and oxygen atoms in total. The molecule has 0 aromatic rings. The van der Waals surface area contributed by atoms with Crippen LogP contribution in [0, 0.1) is 0 Å². The molecule has 66 valence electrons. The van der Waals surface area contributed by atoms with Gasteiger partial charge in [-0.15, -0.1) is 0 Å². The van der Waals surface area contributed by atoms with E-state index in [0.29, 0.717) is 0 Å². The summed E-state index contributed by atoms with van der Waals surface area (Å²) in [7, 11) is 1.53. The van der Waals surface area contributed by atoms with E-state index in [4.69, 9.17) is 9.84 Å². The average molecular weight is 161 g/mol. The first-order chi connectivity index (χ1) is 4.89. The summed E-state index contributed by atoms with van der Waals surface area (Å²) < 4.78 is 4.98. The lowest BCUT2D eigenvalue weighted by Crippen LogP contribution is -2.49. The summed E-state index contributed by atoms with van der Waals surface area (Å²) in [5.74, 6) is -0.880. The second-order valence-electron chi connectivity index (χ2n) is 2.92. The van der Waals surface area contributed by atoms with E-state index < -0.39 is 17.7 Å². The largest absolute Gasteiger partial charge is 0.480 e. The van der Waals surface area contributed by atoms with E-state index in [-0.39, 0.29) is 0 Å². The average Bonchev–Trinajstić information content (AvgIpc) is 1.87. The van der Waals surface area contributed by atoms with Crippen molar-refractivity contribution in [3.63, 3.8) is 0 Å². The van der Waals surface area contributed by atoms with Gasteiger partial charge in [-0.25, -0.2) is 0 Å². The van der Waals surface area contributed by atoms with Gasteiger partial charge in [-0.3, -0.25) is 10.1 Å². The molecule has 0 aliphatic carbocycles. The third kappa shape index (κ3) is 3.95. The molecule has 0 bridgehead atoms. The molecule has 4 heteroatoms. The Bertz CT molecular complexity index is 145. The molecule has 0 heterocycles. The van der Waals surface area contributed by atoms with Gasteiger partial charge in [0, 0.05) is 7.11 Å². The van der Waals surface area contributed by atoms with Crippen LogP contribution in [0.4, 0.5) is 0 Å². The van der Waals surface area contributed by atoms with E-state index in [1.54, 1.807) is 20.8 Å². The monoisotopic (exact) mass is 161 g/mol. The number of hydrogen-bond acceptors (Lipinski definition) is 3. The first-order valence-electron chi connectivity index (χ1n) is 3.44. The number of carboxylic acids is 1. The summed E-state index contributed by atoms with van der Waals surface area (Å²) >= 11 is 0. The number of carboxylic acid groups (broad SMARTS) is 1. The Labute approximate surface area is 66.5 Å². The molecule has 0 saturated carbocycles. The van der Waals surface area contributed by atoms with Crippen molar-refractivity contribution in [3.05, 3.63) is 0 Å². The van der Waals surface area contributed by atoms with Gasteiger partial charge in [-0.2, -0.15) is 0 Å². The summed E-state index contributed by atoms with van der Waals surface area (Å²) in [4.78, 5) is 10.4. The molecule has 0 fully saturated rings. The molecule has 1 atom stereocenters. The second kappa shape index (κ2) is 3.69. The molecular weight excluding hydrogens is 146 g/mol. The molecule has 0 spiro atoms. The predicted molar refractivity (Wildman–Crippen MR) is 41.3 cm³/mol. The van der Waals surface area contributed by atoms with Gasteiger partial charge in [0.05, 0.1) is 0 Å². The number of rotatable bonds is 4. The van der Waals surface area contributed by atoms with E-state index in [9.17, 15) is 4.79 Å². The molecule has 11 heavy (non-hydrogen) atoms. The van der Waals surface area contributed by atoms with E-state index in [1.165, 1.54) is 7.11 Å². The fraction of sp³-hybridized carbons (Fsp3) is 0.857. The molecule has 1 unspecified atom stereocenters. The summed E-state index contributed by atoms with van der Waals surface area (Å²) in [5, 5.41) is 11.3. The third-order valence-corrected chi connectivity index (χ3v) is 1.44. The van der Waals surface area contributed by atoms with Crippen molar-refractivity contribution in [2.75, 3.05) is 7.11 Å². The van der Waals surface area contributed by atoms with Gasteiger partial charge in [-0.05, 0) is 20.8 Å². The lowest BCUT2D eigenvalue weighted by atomic mass is 10.2. The van der Waals surface area contributed by atoms with Crippen molar-refractivity contribution in [2.45, 2.75) is 32.5 Å². The zero-order valence-corrected chi connectivity index (χ0v) is 7.34. The maximum absolute atomic E-state index is 10.4. The fourth-order valence-corrected chi connectivity index (χ4v) is 0.642. The van der Waals surface area contributed by atoms with E-state index >= 15 is 0 Å². The topological polar surface area (TPSA) is 58.6 Å². The second-order valence-corrected chi connectivity index (χ2v) is 2.92. The number of nitrogens with one attached hydrogen (secondary N) is 1. The molecule has 0 aromatic carbocycles. The Balaban J connectivity index is 3.93. The minimum Gasteiger partial charge on any atom is -0.480 e. The van der Waals surface area contributed by atoms with Crippen LogP contribution in [0.1, 0.15) is 20.8 Å². The van der Waals surface area contributed by atoms with Crippen LogP contribution in [-0.2, 0) is 9.53 Å². The number of ether oxygens (including phenoxy) is 1. The maximum atomic E-state index is 10.4. The molecular formula is C7H15NO3. The molecule has 2 N–H and O–H groups in total. The van der Waals surface area contributed by atoms with Crippen LogP contribution < -0.4 is 5.32 Å². The van der Waals surface area contributed by atoms with Crippen LogP contribution >= 0.6 is 0 Å². The van der Waals surface area contributed by atoms with Crippen molar-refractivity contribution < 1.29 is 14.6 Å². The van der Waals surface area contributed by atoms with Crippen molar-refractivity contribution in [2.24, 2.45) is 0 Å². The first-order valence-corrected chi connectivity index (χ1v) is 3.44. The zero-order chi connectivity index (χ0) is 9.07. The predicted octanol–water partition coefficient (Wildman–Crippen LogP) is 0.432. The van der Waals surface area contributed by atoms with Crippen LogP contribution in [0.3, 0.4) is 0 Å². The highest BCUT2D eigenvalue weighted by molar-refractivity contribution is 5.72. The highest BCUT2D eigenvalue weighted by atomic mass is 16.5. The van der Waals surface area contributed by atoms with Crippen LogP contribution in [0.5, 0.6) is 0 Å². The lowest BCUT2D eigenvalue weighted by molar-refractivity contribution is -0.141. The Morgan fingerprint density at radius 3 is 2.36 bits per heavy atom. The number of carbonyl (C=O) groups is 1. The van der Waals surface area contributed by atoms with Crippen molar-refractivity contribution in [3.8, 4) is 0 Å². The smallest absolute Gasteiger partial charge is 0.320 e. The summed E-state index contributed by atoms with van der Waals surface area (Å²) in [6.45, 7) is 5.11. The third-order valence-electron chi connectivity index (χ3n) is 1.44. The normalized spacial score (nSPS) is 14.5. The number of aliphatic carboxylic acids is 1. The summed E-state index contributed by atoms with van der Waals surface area (Å²) in [6, 6.07) is -0.593. The quantitative estimate of drug-likeness (QED) is 0.587. The van der Waals surface area contributed by atoms with Gasteiger partial charge >= 0.3 is 5.97 Å². The molecule has 0 radical (unpaired) electrons. The lowest BCUT2D eigenvalue weighted by Gasteiger charge is -2.26. The zero-order valence-electron chi connectivity index (χ0n) is 7.34. The standard InChI is InChI=1S/C7H15NO3/c1-5(6(9)10)8-7(2,3)11-4/h5,8H,1-4H3,(H,9,10). The van der Waals surface area contributed by atoms with Gasteiger partial charge in [0.1, 0.15) is 11.8 Å². The van der Waals surface area contributed by atoms with Gasteiger partial charge < -0.3 is 9.84 Å². The van der Waals surface area contributed by atoms with Gasteiger partial charge in [0.2, 0.25) is 0 Å². The summed E-state index contributed by atoms with van der Waals surface area (Å²) in [6.07, 6.45) is 0. The van der Waals surface area contributed by atoms with Crippen molar-refractivity contribution in [1.82, 2.24) is 5.32 Å². The van der Waals surface area contributed by atoms with Crippen LogP contribution in [0.15, 0.2) is 0 Å². The minimum atomic E-state index is -0.880. The van der Waals surface area contributed by atoms with Crippen LogP contribution in [-0.4, -0.2) is 30.0 Å². The fourth-order valence-electron chi connectivity index (χ4n) is 0.642. The van der Waals surface area contributed by atoms with Gasteiger partial charge in [0.25, 0.3) is 0 Å². The van der Waals surface area contributed by atoms with Gasteiger partial charge in [-0.1, -0.05) is 0 Å².